The molecule has 23 heavy (non-hydrogen) atoms. The van der Waals surface area contributed by atoms with Crippen LogP contribution < -0.4 is 5.32 Å². The molecule has 5 heteroatoms. The smallest absolute Gasteiger partial charge is 0.323 e. The summed E-state index contributed by atoms with van der Waals surface area (Å²) in [5.41, 5.74) is 1.66. The van der Waals surface area contributed by atoms with Gasteiger partial charge in [0.15, 0.2) is 0 Å². The maximum atomic E-state index is 12.6. The van der Waals surface area contributed by atoms with E-state index in [0.29, 0.717) is 11.8 Å². The lowest BCUT2D eigenvalue weighted by atomic mass is 9.97. The number of hydrogen-bond acceptors (Lipinski definition) is 2. The summed E-state index contributed by atoms with van der Waals surface area (Å²) in [5.74, 6) is 0.643. The number of aromatic nitrogens is 1. The summed E-state index contributed by atoms with van der Waals surface area (Å²) in [5, 5.41) is 12.9. The number of amides is 1. The highest BCUT2D eigenvalue weighted by Crippen LogP contribution is 2.49. The van der Waals surface area contributed by atoms with Gasteiger partial charge in [-0.1, -0.05) is 0 Å². The van der Waals surface area contributed by atoms with Crippen LogP contribution in [-0.4, -0.2) is 21.6 Å². The number of nitrogens with one attached hydrogen (secondary N) is 1. The number of carbonyl (C=O) groups excluding carboxylic acids is 1. The van der Waals surface area contributed by atoms with Gasteiger partial charge >= 0.3 is 5.97 Å². The van der Waals surface area contributed by atoms with E-state index in [1.165, 1.54) is 25.7 Å². The molecule has 2 aliphatic rings. The standard InChI is InChI=1S/C18H20N2O3/c21-16(22)10-20-8-7-13-9-14(5-6-15(13)20)19-18(23)17(11-1-2-11)12-3-4-12/h5-9,11-12,17H,1-4,10H2,(H,19,23)(H,21,22). The van der Waals surface area contributed by atoms with Crippen LogP contribution in [0.15, 0.2) is 30.5 Å². The van der Waals surface area contributed by atoms with Crippen molar-refractivity contribution >= 4 is 28.5 Å². The summed E-state index contributed by atoms with van der Waals surface area (Å²) in [7, 11) is 0. The minimum atomic E-state index is -0.864. The zero-order chi connectivity index (χ0) is 16.0. The van der Waals surface area contributed by atoms with Gasteiger partial charge in [0.1, 0.15) is 6.54 Å². The Hall–Kier alpha value is -2.30. The molecular formula is C18H20N2O3. The molecule has 1 aromatic carbocycles. The summed E-state index contributed by atoms with van der Waals surface area (Å²) in [6.07, 6.45) is 6.51. The molecule has 1 heterocycles. The lowest BCUT2D eigenvalue weighted by Crippen LogP contribution is -2.26. The molecule has 2 aromatic rings. The van der Waals surface area contributed by atoms with Crippen molar-refractivity contribution in [3.63, 3.8) is 0 Å². The number of hydrogen-bond donors (Lipinski definition) is 2. The molecule has 0 unspecified atom stereocenters. The summed E-state index contributed by atoms with van der Waals surface area (Å²) >= 11 is 0. The molecule has 1 aromatic heterocycles. The van der Waals surface area contributed by atoms with Crippen molar-refractivity contribution in [1.29, 1.82) is 0 Å². The van der Waals surface area contributed by atoms with E-state index in [1.54, 1.807) is 10.8 Å². The maximum absolute atomic E-state index is 12.6. The highest BCUT2D eigenvalue weighted by atomic mass is 16.4. The van der Waals surface area contributed by atoms with Crippen LogP contribution in [0.2, 0.25) is 0 Å². The van der Waals surface area contributed by atoms with Crippen LogP contribution >= 0.6 is 0 Å². The Labute approximate surface area is 134 Å². The fourth-order valence-corrected chi connectivity index (χ4v) is 3.51. The van der Waals surface area contributed by atoms with Gasteiger partial charge in [0, 0.05) is 28.7 Å². The second-order valence-corrected chi connectivity index (χ2v) is 6.80. The Kier molecular flexibility index (Phi) is 3.36. The van der Waals surface area contributed by atoms with E-state index in [2.05, 4.69) is 5.32 Å². The molecule has 0 bridgehead atoms. The highest BCUT2D eigenvalue weighted by Gasteiger charge is 2.45. The quantitative estimate of drug-likeness (QED) is 0.861. The van der Waals surface area contributed by atoms with Crippen LogP contribution in [0.1, 0.15) is 25.7 Å². The first kappa shape index (κ1) is 14.3. The van der Waals surface area contributed by atoms with Crippen molar-refractivity contribution in [3.8, 4) is 0 Å². The Bertz CT molecular complexity index is 760. The van der Waals surface area contributed by atoms with Crippen molar-refractivity contribution in [1.82, 2.24) is 4.57 Å². The monoisotopic (exact) mass is 312 g/mol. The van der Waals surface area contributed by atoms with Gasteiger partial charge in [-0.3, -0.25) is 9.59 Å². The maximum Gasteiger partial charge on any atom is 0.323 e. The number of anilines is 1. The minimum absolute atomic E-state index is 0.0549. The topological polar surface area (TPSA) is 71.3 Å². The average molecular weight is 312 g/mol. The van der Waals surface area contributed by atoms with E-state index in [-0.39, 0.29) is 18.4 Å². The first-order valence-electron chi connectivity index (χ1n) is 8.23. The van der Waals surface area contributed by atoms with Gasteiger partial charge in [-0.15, -0.1) is 0 Å². The predicted molar refractivity (Wildman–Crippen MR) is 87.1 cm³/mol. The molecule has 4 rings (SSSR count). The van der Waals surface area contributed by atoms with Gasteiger partial charge in [0.05, 0.1) is 0 Å². The van der Waals surface area contributed by atoms with E-state index in [4.69, 9.17) is 5.11 Å². The molecule has 0 radical (unpaired) electrons. The molecule has 1 amide bonds. The van der Waals surface area contributed by atoms with E-state index < -0.39 is 5.97 Å². The molecule has 5 nitrogen and oxygen atoms in total. The number of carboxylic acids is 1. The fourth-order valence-electron chi connectivity index (χ4n) is 3.51. The third kappa shape index (κ3) is 2.96. The van der Waals surface area contributed by atoms with Gasteiger partial charge in [-0.05, 0) is 61.8 Å². The van der Waals surface area contributed by atoms with Gasteiger partial charge in [0.2, 0.25) is 5.91 Å². The number of carbonyl (C=O) groups is 2. The van der Waals surface area contributed by atoms with Gasteiger partial charge in [-0.25, -0.2) is 0 Å². The number of rotatable bonds is 6. The second kappa shape index (κ2) is 5.41. The summed E-state index contributed by atoms with van der Waals surface area (Å²) < 4.78 is 1.69. The highest BCUT2D eigenvalue weighted by molar-refractivity contribution is 5.96. The molecule has 2 saturated carbocycles. The van der Waals surface area contributed by atoms with Gasteiger partial charge in [0.25, 0.3) is 0 Å². The molecule has 0 atom stereocenters. The van der Waals surface area contributed by atoms with Crippen LogP contribution in [0.3, 0.4) is 0 Å². The molecule has 0 saturated heterocycles. The Balaban J connectivity index is 1.52. The number of aliphatic carboxylic acids is 1. The van der Waals surface area contributed by atoms with Gasteiger partial charge < -0.3 is 15.0 Å². The average Bonchev–Trinajstić information content (AvgIpc) is 3.41. The third-order valence-corrected chi connectivity index (χ3v) is 4.91. The van der Waals surface area contributed by atoms with Crippen molar-refractivity contribution < 1.29 is 14.7 Å². The van der Waals surface area contributed by atoms with Crippen LogP contribution in [-0.2, 0) is 16.1 Å². The number of carboxylic acid groups (broad SMARTS) is 1. The van der Waals surface area contributed by atoms with Crippen LogP contribution in [0.4, 0.5) is 5.69 Å². The SMILES string of the molecule is O=C(O)Cn1ccc2cc(NC(=O)C(C3CC3)C3CC3)ccc21. The Morgan fingerprint density at radius 3 is 2.48 bits per heavy atom. The largest absolute Gasteiger partial charge is 0.480 e. The number of benzene rings is 1. The lowest BCUT2D eigenvalue weighted by molar-refractivity contribution is -0.137. The van der Waals surface area contributed by atoms with Crippen LogP contribution in [0, 0.1) is 17.8 Å². The Morgan fingerprint density at radius 1 is 1.17 bits per heavy atom. The van der Waals surface area contributed by atoms with E-state index in [9.17, 15) is 9.59 Å². The van der Waals surface area contributed by atoms with Gasteiger partial charge in [-0.2, -0.15) is 0 Å². The normalized spacial score (nSPS) is 17.6. The summed E-state index contributed by atoms with van der Waals surface area (Å²) in [4.78, 5) is 23.4. The van der Waals surface area contributed by atoms with Crippen molar-refractivity contribution in [3.05, 3.63) is 30.5 Å². The third-order valence-electron chi connectivity index (χ3n) is 4.91. The van der Waals surface area contributed by atoms with Crippen molar-refractivity contribution in [2.24, 2.45) is 17.8 Å². The van der Waals surface area contributed by atoms with Crippen LogP contribution in [0.25, 0.3) is 10.9 Å². The number of nitrogens with zero attached hydrogens (tertiary/aromatic N) is 1. The lowest BCUT2D eigenvalue weighted by Gasteiger charge is -2.15. The van der Waals surface area contributed by atoms with Crippen molar-refractivity contribution in [2.75, 3.05) is 5.32 Å². The van der Waals surface area contributed by atoms with E-state index in [1.807, 2.05) is 24.3 Å². The summed E-state index contributed by atoms with van der Waals surface area (Å²) in [6.45, 7) is -0.0549. The molecular weight excluding hydrogens is 292 g/mol. The predicted octanol–water partition coefficient (Wildman–Crippen LogP) is 3.10. The first-order valence-corrected chi connectivity index (χ1v) is 8.23. The second-order valence-electron chi connectivity index (χ2n) is 6.80. The minimum Gasteiger partial charge on any atom is -0.480 e. The molecule has 120 valence electrons. The fraction of sp³-hybridized carbons (Fsp3) is 0.444. The summed E-state index contributed by atoms with van der Waals surface area (Å²) in [6, 6.07) is 7.53. The van der Waals surface area contributed by atoms with Crippen LogP contribution in [0.5, 0.6) is 0 Å². The first-order chi connectivity index (χ1) is 11.1. The zero-order valence-corrected chi connectivity index (χ0v) is 12.9. The molecule has 2 fully saturated rings. The Morgan fingerprint density at radius 2 is 1.87 bits per heavy atom. The van der Waals surface area contributed by atoms with Crippen molar-refractivity contribution in [2.45, 2.75) is 32.2 Å². The molecule has 0 spiro atoms. The molecule has 2 aliphatic carbocycles. The zero-order valence-electron chi connectivity index (χ0n) is 12.9. The molecule has 2 N–H and O–H groups in total. The molecule has 0 aliphatic heterocycles. The van der Waals surface area contributed by atoms with E-state index in [0.717, 1.165) is 16.6 Å². The number of fused-ring (bicyclic) bond motifs is 1. The van der Waals surface area contributed by atoms with E-state index >= 15 is 0 Å².